The second-order valence-electron chi connectivity index (χ2n) is 5.38. The van der Waals surface area contributed by atoms with Crippen molar-refractivity contribution < 1.29 is 4.74 Å². The Kier molecular flexibility index (Phi) is 5.73. The van der Waals surface area contributed by atoms with E-state index in [1.807, 2.05) is 0 Å². The fraction of sp³-hybridized carbons (Fsp3) is 1.00. The van der Waals surface area contributed by atoms with Gasteiger partial charge in [-0.2, -0.15) is 0 Å². The van der Waals surface area contributed by atoms with Crippen molar-refractivity contribution in [3.8, 4) is 0 Å². The number of rotatable bonds is 7. The highest BCUT2D eigenvalue weighted by Gasteiger charge is 2.37. The summed E-state index contributed by atoms with van der Waals surface area (Å²) in [6, 6.07) is 0. The highest BCUT2D eigenvalue weighted by Crippen LogP contribution is 2.34. The first-order valence-electron chi connectivity index (χ1n) is 6.58. The molecule has 0 amide bonds. The third kappa shape index (κ3) is 3.72. The average Bonchev–Trinajstić information content (AvgIpc) is 2.68. The molecular formula is C13H28N2O. The van der Waals surface area contributed by atoms with E-state index in [9.17, 15) is 0 Å². The van der Waals surface area contributed by atoms with Gasteiger partial charge in [0.15, 0.2) is 0 Å². The fourth-order valence-corrected chi connectivity index (χ4v) is 2.55. The van der Waals surface area contributed by atoms with Gasteiger partial charge in [0.05, 0.1) is 6.61 Å². The van der Waals surface area contributed by atoms with Gasteiger partial charge in [-0.25, -0.2) is 0 Å². The van der Waals surface area contributed by atoms with Gasteiger partial charge in [0.25, 0.3) is 0 Å². The molecule has 0 spiro atoms. The third-order valence-electron chi connectivity index (χ3n) is 3.91. The molecule has 0 aromatic carbocycles. The van der Waals surface area contributed by atoms with E-state index < -0.39 is 0 Å². The molecule has 0 radical (unpaired) electrons. The molecule has 3 heteroatoms. The Morgan fingerprint density at radius 2 is 2.19 bits per heavy atom. The summed E-state index contributed by atoms with van der Waals surface area (Å²) in [5.41, 5.74) is 0.473. The summed E-state index contributed by atoms with van der Waals surface area (Å²) in [7, 11) is 2.21. The van der Waals surface area contributed by atoms with Gasteiger partial charge in [0, 0.05) is 26.2 Å². The zero-order chi connectivity index (χ0) is 12.0. The lowest BCUT2D eigenvalue weighted by Crippen LogP contribution is -2.42. The van der Waals surface area contributed by atoms with Gasteiger partial charge in [-0.1, -0.05) is 13.8 Å². The molecule has 3 nitrogen and oxygen atoms in total. The molecule has 1 fully saturated rings. The third-order valence-corrected chi connectivity index (χ3v) is 3.91. The number of hydrogen-bond donors (Lipinski definition) is 1. The molecule has 0 saturated carbocycles. The van der Waals surface area contributed by atoms with Crippen LogP contribution in [0.25, 0.3) is 0 Å². The second-order valence-corrected chi connectivity index (χ2v) is 5.38. The molecule has 0 aliphatic carbocycles. The van der Waals surface area contributed by atoms with Gasteiger partial charge in [-0.05, 0) is 38.3 Å². The average molecular weight is 228 g/mol. The van der Waals surface area contributed by atoms with E-state index in [0.717, 1.165) is 25.7 Å². The predicted molar refractivity (Wildman–Crippen MR) is 68.7 cm³/mol. The van der Waals surface area contributed by atoms with Crippen LogP contribution in [0.1, 0.15) is 27.2 Å². The quantitative estimate of drug-likeness (QED) is 0.670. The van der Waals surface area contributed by atoms with Crippen molar-refractivity contribution in [3.05, 3.63) is 0 Å². The maximum absolute atomic E-state index is 5.40. The minimum atomic E-state index is 0.473. The molecule has 96 valence electrons. The van der Waals surface area contributed by atoms with Gasteiger partial charge in [-0.15, -0.1) is 0 Å². The molecule has 1 atom stereocenters. The van der Waals surface area contributed by atoms with Crippen LogP contribution >= 0.6 is 0 Å². The molecule has 1 aliphatic rings. The summed E-state index contributed by atoms with van der Waals surface area (Å²) in [4.78, 5) is 2.42. The molecule has 16 heavy (non-hydrogen) atoms. The van der Waals surface area contributed by atoms with Gasteiger partial charge >= 0.3 is 0 Å². The molecule has 1 N–H and O–H groups in total. The van der Waals surface area contributed by atoms with Crippen molar-refractivity contribution in [2.45, 2.75) is 27.2 Å². The summed E-state index contributed by atoms with van der Waals surface area (Å²) in [5, 5.41) is 3.51. The molecule has 1 saturated heterocycles. The lowest BCUT2D eigenvalue weighted by atomic mass is 9.76. The summed E-state index contributed by atoms with van der Waals surface area (Å²) < 4.78 is 5.40. The van der Waals surface area contributed by atoms with E-state index in [1.165, 1.54) is 26.1 Å². The molecule has 0 aromatic heterocycles. The Balaban J connectivity index is 2.37. The van der Waals surface area contributed by atoms with E-state index in [0.29, 0.717) is 5.41 Å². The number of nitrogens with zero attached hydrogens (tertiary/aromatic N) is 1. The lowest BCUT2D eigenvalue weighted by molar-refractivity contribution is 0.0882. The van der Waals surface area contributed by atoms with Crippen molar-refractivity contribution in [1.82, 2.24) is 10.2 Å². The zero-order valence-corrected chi connectivity index (χ0v) is 11.4. The van der Waals surface area contributed by atoms with E-state index in [-0.39, 0.29) is 0 Å². The van der Waals surface area contributed by atoms with E-state index in [4.69, 9.17) is 4.74 Å². The highest BCUT2D eigenvalue weighted by atomic mass is 16.5. The highest BCUT2D eigenvalue weighted by molar-refractivity contribution is 4.92. The maximum Gasteiger partial charge on any atom is 0.0593 e. The molecule has 1 heterocycles. The van der Waals surface area contributed by atoms with Crippen LogP contribution in [0.15, 0.2) is 0 Å². The predicted octanol–water partition coefficient (Wildman–Crippen LogP) is 1.59. The van der Waals surface area contributed by atoms with E-state index in [1.54, 1.807) is 0 Å². The minimum Gasteiger partial charge on any atom is -0.380 e. The van der Waals surface area contributed by atoms with Gasteiger partial charge in [0.1, 0.15) is 0 Å². The van der Waals surface area contributed by atoms with Crippen LogP contribution in [0.4, 0.5) is 0 Å². The van der Waals surface area contributed by atoms with Crippen LogP contribution in [0.5, 0.6) is 0 Å². The Morgan fingerprint density at radius 1 is 1.44 bits per heavy atom. The smallest absolute Gasteiger partial charge is 0.0593 e. The number of ether oxygens (including phenoxy) is 1. The molecule has 1 aliphatic heterocycles. The summed E-state index contributed by atoms with van der Waals surface area (Å²) in [5.74, 6) is 0.747. The molecule has 0 bridgehead atoms. The summed E-state index contributed by atoms with van der Waals surface area (Å²) in [6.45, 7) is 13.0. The van der Waals surface area contributed by atoms with Gasteiger partial charge < -0.3 is 15.0 Å². The van der Waals surface area contributed by atoms with Crippen molar-refractivity contribution >= 4 is 0 Å². The first kappa shape index (κ1) is 13.9. The number of nitrogens with one attached hydrogen (secondary N) is 1. The second kappa shape index (κ2) is 6.58. The monoisotopic (exact) mass is 228 g/mol. The Labute approximate surface area is 101 Å². The van der Waals surface area contributed by atoms with Crippen LogP contribution in [0.3, 0.4) is 0 Å². The van der Waals surface area contributed by atoms with E-state index >= 15 is 0 Å². The topological polar surface area (TPSA) is 24.5 Å². The number of hydrogen-bond acceptors (Lipinski definition) is 3. The molecule has 0 aromatic rings. The Bertz CT molecular complexity index is 188. The van der Waals surface area contributed by atoms with Gasteiger partial charge in [-0.3, -0.25) is 0 Å². The molecular weight excluding hydrogens is 200 g/mol. The van der Waals surface area contributed by atoms with Crippen LogP contribution in [-0.2, 0) is 4.74 Å². The van der Waals surface area contributed by atoms with Crippen LogP contribution in [-0.4, -0.2) is 51.3 Å². The van der Waals surface area contributed by atoms with Crippen molar-refractivity contribution in [2.24, 2.45) is 11.3 Å². The SMILES string of the molecule is CCOCCN(C)CC1(C(C)C)CCNC1. The fourth-order valence-electron chi connectivity index (χ4n) is 2.55. The zero-order valence-electron chi connectivity index (χ0n) is 11.4. The maximum atomic E-state index is 5.40. The van der Waals surface area contributed by atoms with Crippen molar-refractivity contribution in [2.75, 3.05) is 46.4 Å². The van der Waals surface area contributed by atoms with E-state index in [2.05, 4.69) is 38.0 Å². The minimum absolute atomic E-state index is 0.473. The molecule has 1 unspecified atom stereocenters. The summed E-state index contributed by atoms with van der Waals surface area (Å²) >= 11 is 0. The normalized spacial score (nSPS) is 25.9. The Morgan fingerprint density at radius 3 is 2.69 bits per heavy atom. The largest absolute Gasteiger partial charge is 0.380 e. The first-order chi connectivity index (χ1) is 7.60. The van der Waals surface area contributed by atoms with Crippen LogP contribution in [0.2, 0.25) is 0 Å². The first-order valence-corrected chi connectivity index (χ1v) is 6.58. The molecule has 1 rings (SSSR count). The van der Waals surface area contributed by atoms with Crippen LogP contribution < -0.4 is 5.32 Å². The van der Waals surface area contributed by atoms with Crippen LogP contribution in [0, 0.1) is 11.3 Å². The summed E-state index contributed by atoms with van der Waals surface area (Å²) in [6.07, 6.45) is 1.31. The van der Waals surface area contributed by atoms with Gasteiger partial charge in [0.2, 0.25) is 0 Å². The van der Waals surface area contributed by atoms with Crippen molar-refractivity contribution in [1.29, 1.82) is 0 Å². The lowest BCUT2D eigenvalue weighted by Gasteiger charge is -2.36. The Hall–Kier alpha value is -0.120. The number of likely N-dealkylation sites (N-methyl/N-ethyl adjacent to an activating group) is 1. The standard InChI is InChI=1S/C13H28N2O/c1-5-16-9-8-15(4)11-13(12(2)3)6-7-14-10-13/h12,14H,5-11H2,1-4H3. The van der Waals surface area contributed by atoms with Crippen molar-refractivity contribution in [3.63, 3.8) is 0 Å².